The first-order valence-electron chi connectivity index (χ1n) is 6.70. The number of nitrogens with zero attached hydrogens (tertiary/aromatic N) is 2. The molecule has 0 aliphatic carbocycles. The SMILES string of the molecule is CCN(C(=O)[C@@H]1CC[C@H](C(=O)O)O1)C(C)CN(C)C. The van der Waals surface area contributed by atoms with Crippen molar-refractivity contribution in [2.75, 3.05) is 27.2 Å². The van der Waals surface area contributed by atoms with E-state index in [4.69, 9.17) is 9.84 Å². The van der Waals surface area contributed by atoms with Gasteiger partial charge < -0.3 is 19.6 Å². The number of rotatable bonds is 6. The molecule has 0 bridgehead atoms. The molecule has 0 aromatic heterocycles. The van der Waals surface area contributed by atoms with Crippen LogP contribution in [0.5, 0.6) is 0 Å². The predicted octanol–water partition coefficient (Wildman–Crippen LogP) is 0.417. The van der Waals surface area contributed by atoms with Gasteiger partial charge in [0.15, 0.2) is 6.10 Å². The Labute approximate surface area is 114 Å². The molecule has 1 heterocycles. The zero-order chi connectivity index (χ0) is 14.6. The summed E-state index contributed by atoms with van der Waals surface area (Å²) in [5.41, 5.74) is 0. The summed E-state index contributed by atoms with van der Waals surface area (Å²) in [6.07, 6.45) is -0.547. The third kappa shape index (κ3) is 4.18. The predicted molar refractivity (Wildman–Crippen MR) is 70.9 cm³/mol. The topological polar surface area (TPSA) is 70.1 Å². The van der Waals surface area contributed by atoms with Crippen molar-refractivity contribution in [1.82, 2.24) is 9.80 Å². The highest BCUT2D eigenvalue weighted by atomic mass is 16.5. The van der Waals surface area contributed by atoms with Crippen LogP contribution in [0, 0.1) is 0 Å². The minimum absolute atomic E-state index is 0.0833. The Bertz CT molecular complexity index is 333. The first-order chi connectivity index (χ1) is 8.86. The summed E-state index contributed by atoms with van der Waals surface area (Å²) >= 11 is 0. The molecule has 1 aliphatic heterocycles. The normalized spacial score (nSPS) is 24.5. The van der Waals surface area contributed by atoms with Gasteiger partial charge in [-0.25, -0.2) is 4.79 Å². The lowest BCUT2D eigenvalue weighted by Crippen LogP contribution is -2.48. The van der Waals surface area contributed by atoms with Gasteiger partial charge in [-0.15, -0.1) is 0 Å². The number of ether oxygens (including phenoxy) is 1. The van der Waals surface area contributed by atoms with E-state index in [1.54, 1.807) is 4.90 Å². The number of carbonyl (C=O) groups is 2. The maximum atomic E-state index is 12.4. The zero-order valence-corrected chi connectivity index (χ0v) is 12.1. The second-order valence-electron chi connectivity index (χ2n) is 5.26. The molecule has 1 saturated heterocycles. The van der Waals surface area contributed by atoms with E-state index in [1.807, 2.05) is 32.8 Å². The van der Waals surface area contributed by atoms with Gasteiger partial charge in [0.05, 0.1) is 0 Å². The number of amides is 1. The van der Waals surface area contributed by atoms with Crippen molar-refractivity contribution in [1.29, 1.82) is 0 Å². The molecule has 19 heavy (non-hydrogen) atoms. The highest BCUT2D eigenvalue weighted by Crippen LogP contribution is 2.22. The molecule has 1 unspecified atom stereocenters. The smallest absolute Gasteiger partial charge is 0.332 e. The van der Waals surface area contributed by atoms with Gasteiger partial charge in [0, 0.05) is 19.1 Å². The van der Waals surface area contributed by atoms with Crippen molar-refractivity contribution in [3.63, 3.8) is 0 Å². The van der Waals surface area contributed by atoms with Gasteiger partial charge in [0.2, 0.25) is 0 Å². The Kier molecular flexibility index (Phi) is 5.75. The fourth-order valence-corrected chi connectivity index (χ4v) is 2.50. The van der Waals surface area contributed by atoms with Crippen molar-refractivity contribution in [2.45, 2.75) is 44.9 Å². The minimum atomic E-state index is -0.986. The van der Waals surface area contributed by atoms with Crippen molar-refractivity contribution in [3.05, 3.63) is 0 Å². The molecule has 6 heteroatoms. The zero-order valence-electron chi connectivity index (χ0n) is 12.1. The Balaban J connectivity index is 2.62. The van der Waals surface area contributed by atoms with E-state index < -0.39 is 18.2 Å². The molecule has 1 N–H and O–H groups in total. The Morgan fingerprint density at radius 3 is 2.32 bits per heavy atom. The molecule has 0 aromatic carbocycles. The number of hydrogen-bond acceptors (Lipinski definition) is 4. The van der Waals surface area contributed by atoms with E-state index in [0.717, 1.165) is 6.54 Å². The van der Waals surface area contributed by atoms with E-state index in [1.165, 1.54) is 0 Å². The molecule has 3 atom stereocenters. The molecule has 110 valence electrons. The summed E-state index contributed by atoms with van der Waals surface area (Å²) in [7, 11) is 3.92. The number of carboxylic acid groups (broad SMARTS) is 1. The van der Waals surface area contributed by atoms with Gasteiger partial charge in [-0.3, -0.25) is 4.79 Å². The molecule has 0 spiro atoms. The first-order valence-corrected chi connectivity index (χ1v) is 6.70. The van der Waals surface area contributed by atoms with Crippen LogP contribution in [0.2, 0.25) is 0 Å². The van der Waals surface area contributed by atoms with Crippen LogP contribution < -0.4 is 0 Å². The Morgan fingerprint density at radius 2 is 1.89 bits per heavy atom. The molecule has 6 nitrogen and oxygen atoms in total. The second kappa shape index (κ2) is 6.86. The van der Waals surface area contributed by atoms with Crippen LogP contribution in [0.25, 0.3) is 0 Å². The minimum Gasteiger partial charge on any atom is -0.479 e. The molecule has 1 rings (SSSR count). The molecule has 1 aliphatic rings. The van der Waals surface area contributed by atoms with Gasteiger partial charge in [-0.1, -0.05) is 0 Å². The second-order valence-corrected chi connectivity index (χ2v) is 5.26. The monoisotopic (exact) mass is 272 g/mol. The average Bonchev–Trinajstić information content (AvgIpc) is 2.77. The highest BCUT2D eigenvalue weighted by Gasteiger charge is 2.37. The molecular formula is C13H24N2O4. The summed E-state index contributed by atoms with van der Waals surface area (Å²) in [5.74, 6) is -1.08. The van der Waals surface area contributed by atoms with E-state index in [-0.39, 0.29) is 11.9 Å². The largest absolute Gasteiger partial charge is 0.479 e. The highest BCUT2D eigenvalue weighted by molar-refractivity contribution is 5.83. The fraction of sp³-hybridized carbons (Fsp3) is 0.846. The first kappa shape index (κ1) is 15.9. The lowest BCUT2D eigenvalue weighted by molar-refractivity contribution is -0.155. The summed E-state index contributed by atoms with van der Waals surface area (Å²) in [5, 5.41) is 8.88. The van der Waals surface area contributed by atoms with Gasteiger partial charge in [0.1, 0.15) is 6.10 Å². The quantitative estimate of drug-likeness (QED) is 0.758. The number of hydrogen-bond donors (Lipinski definition) is 1. The third-order valence-electron chi connectivity index (χ3n) is 3.36. The van der Waals surface area contributed by atoms with E-state index >= 15 is 0 Å². The molecule has 1 fully saturated rings. The van der Waals surface area contributed by atoms with Crippen LogP contribution in [0.4, 0.5) is 0 Å². The van der Waals surface area contributed by atoms with Crippen LogP contribution >= 0.6 is 0 Å². The molecule has 0 radical (unpaired) electrons. The van der Waals surface area contributed by atoms with Crippen molar-refractivity contribution < 1.29 is 19.4 Å². The molecule has 1 amide bonds. The fourth-order valence-electron chi connectivity index (χ4n) is 2.50. The van der Waals surface area contributed by atoms with Crippen LogP contribution in [-0.2, 0) is 14.3 Å². The van der Waals surface area contributed by atoms with Gasteiger partial charge >= 0.3 is 5.97 Å². The summed E-state index contributed by atoms with van der Waals surface area (Å²) in [4.78, 5) is 27.0. The van der Waals surface area contributed by atoms with Crippen molar-refractivity contribution in [2.24, 2.45) is 0 Å². The number of carbonyl (C=O) groups excluding carboxylic acids is 1. The third-order valence-corrected chi connectivity index (χ3v) is 3.36. The van der Waals surface area contributed by atoms with E-state index in [2.05, 4.69) is 0 Å². The number of likely N-dealkylation sites (N-methyl/N-ethyl adjacent to an activating group) is 2. The van der Waals surface area contributed by atoms with Crippen LogP contribution in [0.3, 0.4) is 0 Å². The van der Waals surface area contributed by atoms with E-state index in [0.29, 0.717) is 19.4 Å². The van der Waals surface area contributed by atoms with Crippen LogP contribution in [-0.4, -0.2) is 72.2 Å². The van der Waals surface area contributed by atoms with Crippen molar-refractivity contribution >= 4 is 11.9 Å². The number of aliphatic carboxylic acids is 1. The van der Waals surface area contributed by atoms with E-state index in [9.17, 15) is 9.59 Å². The summed E-state index contributed by atoms with van der Waals surface area (Å²) < 4.78 is 5.32. The lowest BCUT2D eigenvalue weighted by atomic mass is 10.1. The molecule has 0 aromatic rings. The van der Waals surface area contributed by atoms with Crippen LogP contribution in [0.15, 0.2) is 0 Å². The summed E-state index contributed by atoms with van der Waals surface area (Å²) in [6.45, 7) is 5.29. The molecular weight excluding hydrogens is 248 g/mol. The van der Waals surface area contributed by atoms with Crippen LogP contribution in [0.1, 0.15) is 26.7 Å². The Morgan fingerprint density at radius 1 is 1.32 bits per heavy atom. The van der Waals surface area contributed by atoms with Gasteiger partial charge in [-0.2, -0.15) is 0 Å². The van der Waals surface area contributed by atoms with Gasteiger partial charge in [-0.05, 0) is 40.8 Å². The molecule has 0 saturated carbocycles. The maximum Gasteiger partial charge on any atom is 0.332 e. The average molecular weight is 272 g/mol. The standard InChI is InChI=1S/C13H24N2O4/c1-5-15(9(2)8-14(3)4)12(16)10-6-7-11(19-10)13(17)18/h9-11H,5-8H2,1-4H3,(H,17,18)/t9?,10-,11+/m0/s1. The maximum absolute atomic E-state index is 12.4. The number of carboxylic acids is 1. The van der Waals surface area contributed by atoms with Crippen molar-refractivity contribution in [3.8, 4) is 0 Å². The summed E-state index contributed by atoms with van der Waals surface area (Å²) in [6, 6.07) is 0.0833. The lowest BCUT2D eigenvalue weighted by Gasteiger charge is -2.31. The van der Waals surface area contributed by atoms with Gasteiger partial charge in [0.25, 0.3) is 5.91 Å². The Hall–Kier alpha value is -1.14.